The third-order valence-electron chi connectivity index (χ3n) is 7.38. The number of hydrogen-bond acceptors (Lipinski definition) is 6. The van der Waals surface area contributed by atoms with Crippen molar-refractivity contribution in [3.05, 3.63) is 95.6 Å². The SMILES string of the molecule is CN(Cc1ccccc1)CC(NC(=O)OCC1c2ccccc2-c2ccccc21)C(=O)N1CCOC(C(=O)O)C1. The summed E-state index contributed by atoms with van der Waals surface area (Å²) in [5.74, 6) is -1.61. The Hall–Kier alpha value is -4.21. The Kier molecular flexibility index (Phi) is 8.42. The number of morpholine rings is 1. The van der Waals surface area contributed by atoms with Crippen molar-refractivity contribution in [1.29, 1.82) is 0 Å². The van der Waals surface area contributed by atoms with E-state index in [2.05, 4.69) is 17.4 Å². The number of fused-ring (bicyclic) bond motifs is 3. The van der Waals surface area contributed by atoms with E-state index in [4.69, 9.17) is 9.47 Å². The molecule has 40 heavy (non-hydrogen) atoms. The van der Waals surface area contributed by atoms with Gasteiger partial charge in [0.2, 0.25) is 5.91 Å². The van der Waals surface area contributed by atoms with E-state index in [-0.39, 0.29) is 44.7 Å². The molecule has 2 unspecified atom stereocenters. The first-order chi connectivity index (χ1) is 19.4. The van der Waals surface area contributed by atoms with Crippen molar-refractivity contribution in [2.75, 3.05) is 39.9 Å². The zero-order valence-corrected chi connectivity index (χ0v) is 22.4. The summed E-state index contributed by atoms with van der Waals surface area (Å²) in [6, 6.07) is 25.0. The summed E-state index contributed by atoms with van der Waals surface area (Å²) in [5.41, 5.74) is 5.51. The lowest BCUT2D eigenvalue weighted by atomic mass is 9.98. The van der Waals surface area contributed by atoms with E-state index in [0.29, 0.717) is 6.54 Å². The Labute approximate surface area is 233 Å². The number of carbonyl (C=O) groups excluding carboxylic acids is 2. The van der Waals surface area contributed by atoms with Crippen molar-refractivity contribution in [3.63, 3.8) is 0 Å². The van der Waals surface area contributed by atoms with E-state index >= 15 is 0 Å². The number of amides is 2. The summed E-state index contributed by atoms with van der Waals surface area (Å²) in [7, 11) is 1.87. The summed E-state index contributed by atoms with van der Waals surface area (Å²) in [5, 5.41) is 12.1. The molecule has 1 fully saturated rings. The van der Waals surface area contributed by atoms with Crippen LogP contribution in [0.1, 0.15) is 22.6 Å². The van der Waals surface area contributed by atoms with Crippen molar-refractivity contribution in [2.24, 2.45) is 0 Å². The summed E-state index contributed by atoms with van der Waals surface area (Å²) < 4.78 is 11.0. The Balaban J connectivity index is 1.28. The van der Waals surface area contributed by atoms with Gasteiger partial charge in [0, 0.05) is 25.6 Å². The van der Waals surface area contributed by atoms with Crippen LogP contribution in [0, 0.1) is 0 Å². The van der Waals surface area contributed by atoms with Gasteiger partial charge < -0.3 is 24.8 Å². The second kappa shape index (κ2) is 12.3. The first kappa shape index (κ1) is 27.4. The molecule has 1 heterocycles. The molecule has 3 aromatic rings. The molecule has 9 heteroatoms. The Morgan fingerprint density at radius 3 is 2.27 bits per heavy atom. The van der Waals surface area contributed by atoms with Crippen LogP contribution < -0.4 is 5.32 Å². The van der Waals surface area contributed by atoms with E-state index < -0.39 is 24.2 Å². The highest BCUT2D eigenvalue weighted by atomic mass is 16.5. The lowest BCUT2D eigenvalue weighted by Crippen LogP contribution is -2.57. The molecule has 1 saturated heterocycles. The molecule has 0 aromatic heterocycles. The molecule has 2 atom stereocenters. The van der Waals surface area contributed by atoms with E-state index in [1.54, 1.807) is 0 Å². The molecule has 0 radical (unpaired) electrons. The first-order valence-corrected chi connectivity index (χ1v) is 13.4. The molecular formula is C31H33N3O6. The number of aliphatic carboxylic acids is 1. The number of ether oxygens (including phenoxy) is 2. The molecule has 2 aliphatic rings. The third-order valence-corrected chi connectivity index (χ3v) is 7.38. The molecule has 1 aliphatic heterocycles. The quantitative estimate of drug-likeness (QED) is 0.426. The summed E-state index contributed by atoms with van der Waals surface area (Å²) >= 11 is 0. The van der Waals surface area contributed by atoms with Crippen LogP contribution in [0.5, 0.6) is 0 Å². The van der Waals surface area contributed by atoms with Gasteiger partial charge >= 0.3 is 12.1 Å². The lowest BCUT2D eigenvalue weighted by molar-refractivity contribution is -0.160. The number of rotatable bonds is 9. The van der Waals surface area contributed by atoms with Crippen LogP contribution >= 0.6 is 0 Å². The minimum absolute atomic E-state index is 0.0839. The number of likely N-dealkylation sites (N-methyl/N-ethyl adjacent to an activating group) is 1. The van der Waals surface area contributed by atoms with Gasteiger partial charge in [-0.1, -0.05) is 78.9 Å². The van der Waals surface area contributed by atoms with E-state index in [0.717, 1.165) is 27.8 Å². The van der Waals surface area contributed by atoms with Crippen molar-refractivity contribution in [3.8, 4) is 11.1 Å². The number of alkyl carbamates (subject to hydrolysis) is 1. The highest BCUT2D eigenvalue weighted by Crippen LogP contribution is 2.44. The van der Waals surface area contributed by atoms with Crippen LogP contribution in [0.25, 0.3) is 11.1 Å². The lowest BCUT2D eigenvalue weighted by Gasteiger charge is -2.34. The number of carboxylic acids is 1. The average molecular weight is 544 g/mol. The van der Waals surface area contributed by atoms with Crippen molar-refractivity contribution < 1.29 is 29.0 Å². The van der Waals surface area contributed by atoms with Gasteiger partial charge in [-0.15, -0.1) is 0 Å². The first-order valence-electron chi connectivity index (χ1n) is 13.4. The van der Waals surface area contributed by atoms with Crippen molar-refractivity contribution in [1.82, 2.24) is 15.1 Å². The standard InChI is InChI=1S/C31H33N3O6/c1-33(17-21-9-3-2-4-10-21)18-27(29(35)34-15-16-39-28(19-34)30(36)37)32-31(38)40-20-26-24-13-7-5-11-22(24)23-12-6-8-14-25(23)26/h2-14,26-28H,15-20H2,1H3,(H,32,38)(H,36,37). The fraction of sp³-hybridized carbons (Fsp3) is 0.323. The molecule has 9 nitrogen and oxygen atoms in total. The van der Waals surface area contributed by atoms with E-state index in [1.807, 2.05) is 78.7 Å². The van der Waals surface area contributed by atoms with Crippen molar-refractivity contribution in [2.45, 2.75) is 24.6 Å². The van der Waals surface area contributed by atoms with Gasteiger partial charge in [-0.2, -0.15) is 0 Å². The van der Waals surface area contributed by atoms with Crippen molar-refractivity contribution >= 4 is 18.0 Å². The molecule has 0 bridgehead atoms. The van der Waals surface area contributed by atoms with Crippen LogP contribution in [0.2, 0.25) is 0 Å². The molecular weight excluding hydrogens is 510 g/mol. The smallest absolute Gasteiger partial charge is 0.407 e. The van der Waals surface area contributed by atoms with Gasteiger partial charge in [0.05, 0.1) is 13.2 Å². The average Bonchev–Trinajstić information content (AvgIpc) is 3.29. The van der Waals surface area contributed by atoms with Gasteiger partial charge in [0.1, 0.15) is 12.6 Å². The van der Waals surface area contributed by atoms with Gasteiger partial charge in [-0.3, -0.25) is 9.69 Å². The third kappa shape index (κ3) is 6.16. The molecule has 2 amide bonds. The Morgan fingerprint density at radius 2 is 1.62 bits per heavy atom. The highest BCUT2D eigenvalue weighted by Gasteiger charge is 2.35. The highest BCUT2D eigenvalue weighted by molar-refractivity contribution is 5.87. The number of benzene rings is 3. The van der Waals surface area contributed by atoms with Gasteiger partial charge in [0.25, 0.3) is 0 Å². The number of carbonyl (C=O) groups is 3. The zero-order chi connectivity index (χ0) is 28.1. The molecule has 2 N–H and O–H groups in total. The van der Waals surface area contributed by atoms with Crippen LogP contribution in [-0.2, 0) is 25.6 Å². The minimum atomic E-state index is -1.13. The van der Waals surface area contributed by atoms with Crippen LogP contribution in [0.4, 0.5) is 4.79 Å². The molecule has 208 valence electrons. The second-order valence-electron chi connectivity index (χ2n) is 10.2. The normalized spacial score (nSPS) is 17.1. The molecule has 5 rings (SSSR count). The van der Waals surface area contributed by atoms with Crippen LogP contribution in [0.3, 0.4) is 0 Å². The van der Waals surface area contributed by atoms with Gasteiger partial charge in [0.15, 0.2) is 6.10 Å². The number of hydrogen-bond donors (Lipinski definition) is 2. The molecule has 3 aromatic carbocycles. The fourth-order valence-electron chi connectivity index (χ4n) is 5.46. The molecule has 0 spiro atoms. The maximum atomic E-state index is 13.6. The number of carboxylic acid groups (broad SMARTS) is 1. The summed E-state index contributed by atoms with van der Waals surface area (Å²) in [4.78, 5) is 41.5. The Morgan fingerprint density at radius 1 is 1.00 bits per heavy atom. The topological polar surface area (TPSA) is 108 Å². The van der Waals surface area contributed by atoms with Crippen LogP contribution in [-0.4, -0.2) is 84.9 Å². The minimum Gasteiger partial charge on any atom is -0.479 e. The maximum absolute atomic E-state index is 13.6. The molecule has 1 aliphatic carbocycles. The largest absolute Gasteiger partial charge is 0.479 e. The van der Waals surface area contributed by atoms with Gasteiger partial charge in [-0.25, -0.2) is 9.59 Å². The van der Waals surface area contributed by atoms with E-state index in [9.17, 15) is 19.5 Å². The number of nitrogens with zero attached hydrogens (tertiary/aromatic N) is 2. The molecule has 0 saturated carbocycles. The monoisotopic (exact) mass is 543 g/mol. The fourth-order valence-corrected chi connectivity index (χ4v) is 5.46. The Bertz CT molecular complexity index is 1320. The summed E-state index contributed by atoms with van der Waals surface area (Å²) in [6.07, 6.45) is -1.80. The maximum Gasteiger partial charge on any atom is 0.407 e. The summed E-state index contributed by atoms with van der Waals surface area (Å²) in [6.45, 7) is 1.18. The second-order valence-corrected chi connectivity index (χ2v) is 10.2. The van der Waals surface area contributed by atoms with E-state index in [1.165, 1.54) is 4.90 Å². The zero-order valence-electron chi connectivity index (χ0n) is 22.4. The predicted octanol–water partition coefficient (Wildman–Crippen LogP) is 3.34. The number of nitrogens with one attached hydrogen (secondary N) is 1. The predicted molar refractivity (Wildman–Crippen MR) is 149 cm³/mol. The van der Waals surface area contributed by atoms with Gasteiger partial charge in [-0.05, 0) is 34.9 Å². The van der Waals surface area contributed by atoms with Crippen LogP contribution in [0.15, 0.2) is 78.9 Å².